The average Bonchev–Trinajstić information content (AvgIpc) is 2.96. The maximum Gasteiger partial charge on any atom is 0.199 e. The number of halogens is 1. The summed E-state index contributed by atoms with van der Waals surface area (Å²) in [6.45, 7) is 0. The fourth-order valence-corrected chi connectivity index (χ4v) is 2.77. The molecule has 0 saturated heterocycles. The van der Waals surface area contributed by atoms with Gasteiger partial charge in [-0.15, -0.1) is 0 Å². The van der Waals surface area contributed by atoms with Gasteiger partial charge >= 0.3 is 0 Å². The minimum Gasteiger partial charge on any atom is -0.457 e. The number of anilines is 2. The first-order chi connectivity index (χ1) is 11.1. The molecule has 0 spiro atoms. The fraction of sp³-hybridized carbons (Fsp3) is 0. The van der Waals surface area contributed by atoms with Crippen molar-refractivity contribution in [1.29, 1.82) is 0 Å². The Morgan fingerprint density at radius 2 is 2.00 bits per heavy atom. The molecule has 2 heterocycles. The topological polar surface area (TPSA) is 103 Å². The van der Waals surface area contributed by atoms with Gasteiger partial charge in [0.1, 0.15) is 17.3 Å². The van der Waals surface area contributed by atoms with E-state index in [2.05, 4.69) is 15.0 Å². The predicted octanol–water partition coefficient (Wildman–Crippen LogP) is 3.72. The Hall–Kier alpha value is -2.99. The summed E-state index contributed by atoms with van der Waals surface area (Å²) in [5.41, 5.74) is 13.2. The van der Waals surface area contributed by atoms with E-state index in [9.17, 15) is 0 Å². The Balaban J connectivity index is 1.96. The van der Waals surface area contributed by atoms with Crippen molar-refractivity contribution < 1.29 is 4.74 Å². The van der Waals surface area contributed by atoms with E-state index in [1.54, 1.807) is 18.3 Å². The number of nitrogen functional groups attached to an aromatic ring is 2. The second-order valence-electron chi connectivity index (χ2n) is 5.07. The molecule has 4 rings (SSSR count). The van der Waals surface area contributed by atoms with E-state index in [0.717, 1.165) is 10.8 Å². The molecule has 0 aliphatic rings. The molecule has 0 amide bonds. The van der Waals surface area contributed by atoms with Crippen LogP contribution in [0.4, 0.5) is 11.8 Å². The van der Waals surface area contributed by atoms with Crippen LogP contribution in [0.3, 0.4) is 0 Å². The van der Waals surface area contributed by atoms with Gasteiger partial charge in [0.05, 0.1) is 16.4 Å². The van der Waals surface area contributed by atoms with Crippen molar-refractivity contribution in [2.24, 2.45) is 0 Å². The van der Waals surface area contributed by atoms with Crippen molar-refractivity contribution in [3.05, 3.63) is 47.6 Å². The molecule has 0 fully saturated rings. The van der Waals surface area contributed by atoms with Crippen LogP contribution >= 0.6 is 11.6 Å². The van der Waals surface area contributed by atoms with E-state index in [1.807, 2.05) is 24.3 Å². The first kappa shape index (κ1) is 13.7. The molecule has 114 valence electrons. The molecular formula is C16H12ClN5O. The number of nitrogens with two attached hydrogens (primary N) is 2. The van der Waals surface area contributed by atoms with E-state index in [1.165, 1.54) is 0 Å². The second kappa shape index (κ2) is 5.03. The van der Waals surface area contributed by atoms with Gasteiger partial charge < -0.3 is 21.2 Å². The van der Waals surface area contributed by atoms with Gasteiger partial charge in [-0.3, -0.25) is 4.98 Å². The monoisotopic (exact) mass is 325 g/mol. The smallest absolute Gasteiger partial charge is 0.199 e. The van der Waals surface area contributed by atoms with E-state index in [4.69, 9.17) is 27.8 Å². The summed E-state index contributed by atoms with van der Waals surface area (Å²) < 4.78 is 5.97. The Morgan fingerprint density at radius 3 is 2.83 bits per heavy atom. The first-order valence-corrected chi connectivity index (χ1v) is 7.25. The maximum atomic E-state index is 6.00. The van der Waals surface area contributed by atoms with E-state index in [-0.39, 0.29) is 5.95 Å². The predicted molar refractivity (Wildman–Crippen MR) is 91.7 cm³/mol. The average molecular weight is 326 g/mol. The number of aromatic amines is 1. The van der Waals surface area contributed by atoms with Gasteiger partial charge in [-0.2, -0.15) is 4.98 Å². The van der Waals surface area contributed by atoms with Crippen LogP contribution < -0.4 is 16.2 Å². The summed E-state index contributed by atoms with van der Waals surface area (Å²) in [5.74, 6) is 1.83. The molecule has 4 aromatic rings. The standard InChI is InChI=1S/C16H12ClN5O/c17-8-2-1-3-9(6-8)23-12-7-11-13(14-10(12)4-5-20-14)15(18)22-16(19)21-11/h1-7H,18H2,(H3,19,21,22). The van der Waals surface area contributed by atoms with Gasteiger partial charge in [-0.1, -0.05) is 17.7 Å². The molecular weight excluding hydrogens is 314 g/mol. The first-order valence-electron chi connectivity index (χ1n) is 6.87. The van der Waals surface area contributed by atoms with Crippen molar-refractivity contribution in [3.8, 4) is 11.5 Å². The van der Waals surface area contributed by atoms with Crippen LogP contribution in [0.2, 0.25) is 5.02 Å². The maximum absolute atomic E-state index is 6.00. The minimum atomic E-state index is 0.231. The van der Waals surface area contributed by atoms with Gasteiger partial charge in [-0.05, 0) is 24.3 Å². The Morgan fingerprint density at radius 1 is 1.13 bits per heavy atom. The Bertz CT molecular complexity index is 1040. The third-order valence-electron chi connectivity index (χ3n) is 3.53. The van der Waals surface area contributed by atoms with Crippen LogP contribution in [0.5, 0.6) is 11.5 Å². The largest absolute Gasteiger partial charge is 0.457 e. The van der Waals surface area contributed by atoms with Crippen LogP contribution in [0.15, 0.2) is 42.6 Å². The number of fused-ring (bicyclic) bond motifs is 3. The van der Waals surface area contributed by atoms with Crippen molar-refractivity contribution in [2.75, 3.05) is 11.5 Å². The van der Waals surface area contributed by atoms with Crippen molar-refractivity contribution >= 4 is 45.2 Å². The second-order valence-corrected chi connectivity index (χ2v) is 5.51. The SMILES string of the molecule is Nc1nc(N)c2c(cc(Oc3cccc(Cl)c3)c3ccnc32)[nH]1. The van der Waals surface area contributed by atoms with Crippen LogP contribution in [0.25, 0.3) is 21.8 Å². The Labute approximate surface area is 136 Å². The van der Waals surface area contributed by atoms with Crippen molar-refractivity contribution in [2.45, 2.75) is 0 Å². The number of ether oxygens (including phenoxy) is 1. The summed E-state index contributed by atoms with van der Waals surface area (Å²) in [5, 5.41) is 2.16. The van der Waals surface area contributed by atoms with Gasteiger partial charge in [0.15, 0.2) is 5.95 Å². The van der Waals surface area contributed by atoms with E-state index < -0.39 is 0 Å². The summed E-state index contributed by atoms with van der Waals surface area (Å²) in [7, 11) is 0. The number of rotatable bonds is 2. The normalized spacial score (nSPS) is 11.2. The minimum absolute atomic E-state index is 0.231. The zero-order valence-corrected chi connectivity index (χ0v) is 12.6. The molecule has 0 bridgehead atoms. The number of hydrogen-bond donors (Lipinski definition) is 3. The van der Waals surface area contributed by atoms with Crippen LogP contribution in [0.1, 0.15) is 0 Å². The highest BCUT2D eigenvalue weighted by Gasteiger charge is 2.14. The quantitative estimate of drug-likeness (QED) is 0.521. The van der Waals surface area contributed by atoms with E-state index >= 15 is 0 Å². The molecule has 0 saturated carbocycles. The number of aromatic nitrogens is 3. The summed E-state index contributed by atoms with van der Waals surface area (Å²) >= 11 is 6.00. The summed E-state index contributed by atoms with van der Waals surface area (Å²) in [4.78, 5) is 11.4. The molecule has 5 N–H and O–H groups in total. The highest BCUT2D eigenvalue weighted by molar-refractivity contribution is 6.30. The molecule has 0 aliphatic carbocycles. The lowest BCUT2D eigenvalue weighted by atomic mass is 10.1. The molecule has 0 aliphatic heterocycles. The molecule has 7 heteroatoms. The van der Waals surface area contributed by atoms with Crippen LogP contribution in [-0.2, 0) is 0 Å². The highest BCUT2D eigenvalue weighted by Crippen LogP contribution is 2.37. The molecule has 0 unspecified atom stereocenters. The van der Waals surface area contributed by atoms with Gasteiger partial charge in [0.25, 0.3) is 0 Å². The van der Waals surface area contributed by atoms with Crippen LogP contribution in [-0.4, -0.2) is 15.0 Å². The number of benzene rings is 2. The molecule has 2 aromatic heterocycles. The number of nitrogens with one attached hydrogen (secondary N) is 1. The molecule has 2 aromatic carbocycles. The molecule has 23 heavy (non-hydrogen) atoms. The van der Waals surface area contributed by atoms with Gasteiger partial charge in [0, 0.05) is 22.7 Å². The van der Waals surface area contributed by atoms with Gasteiger partial charge in [-0.25, -0.2) is 0 Å². The Kier molecular flexibility index (Phi) is 2.99. The van der Waals surface area contributed by atoms with Crippen LogP contribution in [0, 0.1) is 0 Å². The highest BCUT2D eigenvalue weighted by atomic mass is 35.5. The number of H-pyrrole nitrogens is 1. The van der Waals surface area contributed by atoms with Gasteiger partial charge in [0.2, 0.25) is 0 Å². The number of nitrogens with zero attached hydrogens (tertiary/aromatic N) is 2. The third-order valence-corrected chi connectivity index (χ3v) is 3.77. The molecule has 0 atom stereocenters. The zero-order valence-electron chi connectivity index (χ0n) is 11.9. The lowest BCUT2D eigenvalue weighted by molar-refractivity contribution is 0.489. The third kappa shape index (κ3) is 2.29. The van der Waals surface area contributed by atoms with Crippen molar-refractivity contribution in [3.63, 3.8) is 0 Å². The molecule has 6 nitrogen and oxygen atoms in total. The zero-order chi connectivity index (χ0) is 16.0. The lowest BCUT2D eigenvalue weighted by Crippen LogP contribution is -2.01. The molecule has 0 radical (unpaired) electrons. The fourth-order valence-electron chi connectivity index (χ4n) is 2.59. The summed E-state index contributed by atoms with van der Waals surface area (Å²) in [6, 6.07) is 10.9. The summed E-state index contributed by atoms with van der Waals surface area (Å²) in [6.07, 6.45) is 1.70. The van der Waals surface area contributed by atoms with Crippen molar-refractivity contribution in [1.82, 2.24) is 15.0 Å². The lowest BCUT2D eigenvalue weighted by Gasteiger charge is -2.11. The number of hydrogen-bond acceptors (Lipinski definition) is 5. The van der Waals surface area contributed by atoms with E-state index in [0.29, 0.717) is 33.4 Å².